The second-order valence-electron chi connectivity index (χ2n) is 7.67. The molecule has 12 heteroatoms. The van der Waals surface area contributed by atoms with Gasteiger partial charge >= 0.3 is 6.18 Å². The van der Waals surface area contributed by atoms with E-state index < -0.39 is 33.1 Å². The summed E-state index contributed by atoms with van der Waals surface area (Å²) in [6.45, 7) is 0. The maximum atomic E-state index is 13.2. The minimum absolute atomic E-state index is 0.0769. The highest BCUT2D eigenvalue weighted by atomic mass is 32.2. The molecule has 0 saturated carbocycles. The maximum absolute atomic E-state index is 13.2. The van der Waals surface area contributed by atoms with Crippen LogP contribution < -0.4 is 5.56 Å². The summed E-state index contributed by atoms with van der Waals surface area (Å²) in [7, 11) is -3.45. The molecule has 0 spiro atoms. The molecule has 4 rings (SSSR count). The van der Waals surface area contributed by atoms with Gasteiger partial charge in [-0.15, -0.1) is 0 Å². The first kappa shape index (κ1) is 23.5. The molecule has 4 aromatic rings. The van der Waals surface area contributed by atoms with E-state index in [1.165, 1.54) is 36.4 Å². The number of nitrogens with zero attached hydrogens (tertiary/aromatic N) is 2. The van der Waals surface area contributed by atoms with Gasteiger partial charge in [-0.25, -0.2) is 12.8 Å². The van der Waals surface area contributed by atoms with Crippen LogP contribution in [0.3, 0.4) is 0 Å². The van der Waals surface area contributed by atoms with Gasteiger partial charge in [0.15, 0.2) is 15.7 Å². The Kier molecular flexibility index (Phi) is 5.94. The average Bonchev–Trinajstić information content (AvgIpc) is 3.38. The monoisotopic (exact) mass is 494 g/mol. The molecule has 2 aromatic carbocycles. The molecule has 0 radical (unpaired) electrons. The number of H-pyrrole nitrogens is 2. The van der Waals surface area contributed by atoms with E-state index in [-0.39, 0.29) is 22.7 Å². The summed E-state index contributed by atoms with van der Waals surface area (Å²) in [6.07, 6.45) is -3.06. The average molecular weight is 494 g/mol. The Morgan fingerprint density at radius 2 is 1.65 bits per heavy atom. The summed E-state index contributed by atoms with van der Waals surface area (Å²) in [5.74, 6) is -0.683. The van der Waals surface area contributed by atoms with Gasteiger partial charge < -0.3 is 0 Å². The molecule has 7 nitrogen and oxygen atoms in total. The molecular weight excluding hydrogens is 476 g/mol. The lowest BCUT2D eigenvalue weighted by Crippen LogP contribution is -2.18. The number of sulfone groups is 1. The quantitative estimate of drug-likeness (QED) is 0.397. The summed E-state index contributed by atoms with van der Waals surface area (Å²) in [6, 6.07) is 12.2. The summed E-state index contributed by atoms with van der Waals surface area (Å²) < 4.78 is 76.6. The molecule has 0 fully saturated rings. The van der Waals surface area contributed by atoms with Crippen molar-refractivity contribution in [2.24, 2.45) is 0 Å². The molecule has 0 aliphatic carbocycles. The third kappa shape index (κ3) is 4.81. The lowest BCUT2D eigenvalue weighted by Gasteiger charge is -2.05. The van der Waals surface area contributed by atoms with Crippen LogP contribution in [0.15, 0.2) is 64.3 Å². The highest BCUT2D eigenvalue weighted by molar-refractivity contribution is 7.90. The van der Waals surface area contributed by atoms with E-state index in [9.17, 15) is 30.8 Å². The highest BCUT2D eigenvalue weighted by Crippen LogP contribution is 2.29. The van der Waals surface area contributed by atoms with E-state index in [0.717, 1.165) is 16.5 Å². The molecule has 2 aromatic heterocycles. The van der Waals surface area contributed by atoms with Crippen molar-refractivity contribution in [2.45, 2.75) is 23.9 Å². The van der Waals surface area contributed by atoms with Crippen LogP contribution >= 0.6 is 0 Å². The van der Waals surface area contributed by atoms with Gasteiger partial charge in [0, 0.05) is 17.9 Å². The first-order chi connectivity index (χ1) is 15.9. The third-order valence-electron chi connectivity index (χ3n) is 5.23. The normalized spacial score (nSPS) is 12.3. The van der Waals surface area contributed by atoms with Crippen LogP contribution in [-0.2, 0) is 28.9 Å². The van der Waals surface area contributed by atoms with Crippen molar-refractivity contribution in [3.05, 3.63) is 87.6 Å². The standard InChI is InChI=1S/C22H18F4N4O3S/c1-34(32,33)16-9-5-14(6-10-16)20-17(11-4-13-2-7-15(23)8-3-13)21(31)30(29-20)19-12-18(27-28-19)22(24,25)26/h2-3,5-10,12,29H,4,11H2,1H3,(H,27,28). The number of nitrogens with one attached hydrogen (secondary N) is 2. The molecule has 34 heavy (non-hydrogen) atoms. The van der Waals surface area contributed by atoms with Crippen LogP contribution in [0.5, 0.6) is 0 Å². The van der Waals surface area contributed by atoms with Crippen LogP contribution in [0.4, 0.5) is 17.6 Å². The Bertz CT molecular complexity index is 1480. The fourth-order valence-electron chi connectivity index (χ4n) is 3.46. The minimum atomic E-state index is -4.67. The van der Waals surface area contributed by atoms with Gasteiger partial charge in [-0.1, -0.05) is 24.3 Å². The molecule has 0 bridgehead atoms. The lowest BCUT2D eigenvalue weighted by molar-refractivity contribution is -0.141. The van der Waals surface area contributed by atoms with Crippen molar-refractivity contribution in [2.75, 3.05) is 6.26 Å². The highest BCUT2D eigenvalue weighted by Gasteiger charge is 2.33. The molecule has 2 N–H and O–H groups in total. The fraction of sp³-hybridized carbons (Fsp3) is 0.182. The van der Waals surface area contributed by atoms with Gasteiger partial charge in [-0.3, -0.25) is 15.0 Å². The number of hydrogen-bond donors (Lipinski definition) is 2. The second kappa shape index (κ2) is 8.60. The smallest absolute Gasteiger partial charge is 0.289 e. The predicted octanol–water partition coefficient (Wildman–Crippen LogP) is 3.90. The Labute approximate surface area is 191 Å². The van der Waals surface area contributed by atoms with Gasteiger partial charge in [0.2, 0.25) is 0 Å². The van der Waals surface area contributed by atoms with Crippen molar-refractivity contribution in [1.29, 1.82) is 0 Å². The number of aromatic nitrogens is 4. The van der Waals surface area contributed by atoms with Crippen LogP contribution in [0, 0.1) is 5.82 Å². The molecule has 178 valence electrons. The number of alkyl halides is 3. The Morgan fingerprint density at radius 3 is 2.21 bits per heavy atom. The molecule has 2 heterocycles. The lowest BCUT2D eigenvalue weighted by atomic mass is 10.0. The van der Waals surface area contributed by atoms with E-state index in [4.69, 9.17) is 0 Å². The van der Waals surface area contributed by atoms with Crippen molar-refractivity contribution < 1.29 is 26.0 Å². The van der Waals surface area contributed by atoms with E-state index in [1.807, 2.05) is 5.10 Å². The fourth-order valence-corrected chi connectivity index (χ4v) is 4.09. The van der Waals surface area contributed by atoms with E-state index in [2.05, 4.69) is 10.2 Å². The molecule has 0 atom stereocenters. The Morgan fingerprint density at radius 1 is 1.00 bits per heavy atom. The van der Waals surface area contributed by atoms with Crippen LogP contribution in [-0.4, -0.2) is 34.7 Å². The summed E-state index contributed by atoms with van der Waals surface area (Å²) >= 11 is 0. The first-order valence-corrected chi connectivity index (χ1v) is 11.8. The molecular formula is C22H18F4N4O3S. The molecule has 0 unspecified atom stereocenters. The van der Waals surface area contributed by atoms with E-state index in [0.29, 0.717) is 23.7 Å². The number of benzene rings is 2. The van der Waals surface area contributed by atoms with Crippen molar-refractivity contribution >= 4 is 9.84 Å². The van der Waals surface area contributed by atoms with Gasteiger partial charge in [0.1, 0.15) is 11.5 Å². The number of halogens is 4. The predicted molar refractivity (Wildman–Crippen MR) is 116 cm³/mol. The van der Waals surface area contributed by atoms with Gasteiger partial charge in [-0.05, 0) is 48.2 Å². The second-order valence-corrected chi connectivity index (χ2v) is 9.68. The maximum Gasteiger partial charge on any atom is 0.432 e. The van der Waals surface area contributed by atoms with Crippen molar-refractivity contribution in [1.82, 2.24) is 20.0 Å². The largest absolute Gasteiger partial charge is 0.432 e. The summed E-state index contributed by atoms with van der Waals surface area (Å²) in [4.78, 5) is 13.2. The SMILES string of the molecule is CS(=O)(=O)c1ccc(-c2[nH]n(-c3cc(C(F)(F)F)[nH]n3)c(=O)c2CCc2ccc(F)cc2)cc1. The zero-order valence-electron chi connectivity index (χ0n) is 17.6. The van der Waals surface area contributed by atoms with Gasteiger partial charge in [0.05, 0.1) is 10.6 Å². The summed E-state index contributed by atoms with van der Waals surface area (Å²) in [5.41, 5.74) is 0.0622. The Balaban J connectivity index is 1.78. The molecule has 0 aliphatic heterocycles. The van der Waals surface area contributed by atoms with E-state index in [1.54, 1.807) is 12.1 Å². The Hall–Kier alpha value is -3.67. The van der Waals surface area contributed by atoms with Crippen LogP contribution in [0.1, 0.15) is 16.8 Å². The summed E-state index contributed by atoms with van der Waals surface area (Å²) in [5, 5.41) is 8.27. The number of aromatic amines is 2. The molecule has 0 aliphatic rings. The topological polar surface area (TPSA) is 101 Å². The van der Waals surface area contributed by atoms with Crippen LogP contribution in [0.25, 0.3) is 17.1 Å². The number of rotatable bonds is 6. The van der Waals surface area contributed by atoms with Crippen molar-refractivity contribution in [3.8, 4) is 17.1 Å². The third-order valence-corrected chi connectivity index (χ3v) is 6.36. The van der Waals surface area contributed by atoms with Crippen molar-refractivity contribution in [3.63, 3.8) is 0 Å². The van der Waals surface area contributed by atoms with Gasteiger partial charge in [0.25, 0.3) is 5.56 Å². The molecule has 0 saturated heterocycles. The molecule has 0 amide bonds. The van der Waals surface area contributed by atoms with Crippen LogP contribution in [0.2, 0.25) is 0 Å². The minimum Gasteiger partial charge on any atom is -0.289 e. The number of hydrogen-bond acceptors (Lipinski definition) is 4. The first-order valence-electron chi connectivity index (χ1n) is 9.95. The van der Waals surface area contributed by atoms with Gasteiger partial charge in [-0.2, -0.15) is 23.0 Å². The zero-order chi connectivity index (χ0) is 24.7. The zero-order valence-corrected chi connectivity index (χ0v) is 18.5. The number of aryl methyl sites for hydroxylation is 1. The van der Waals surface area contributed by atoms with E-state index >= 15 is 0 Å².